The fraction of sp³-hybridized carbons (Fsp3) is 0.133. The highest BCUT2D eigenvalue weighted by atomic mass is 35.5. The zero-order valence-corrected chi connectivity index (χ0v) is 11.2. The van der Waals surface area contributed by atoms with Crippen LogP contribution in [0, 0.1) is 6.92 Å². The van der Waals surface area contributed by atoms with Gasteiger partial charge in [0, 0.05) is 5.02 Å². The maximum Gasteiger partial charge on any atom is 0.228 e. The summed E-state index contributed by atoms with van der Waals surface area (Å²) < 4.78 is 0. The van der Waals surface area contributed by atoms with Crippen molar-refractivity contribution in [2.24, 2.45) is 0 Å². The Morgan fingerprint density at radius 3 is 2.74 bits per heavy atom. The first-order valence-electron chi connectivity index (χ1n) is 5.89. The van der Waals surface area contributed by atoms with Gasteiger partial charge < -0.3 is 10.4 Å². The predicted molar refractivity (Wildman–Crippen MR) is 76.6 cm³/mol. The van der Waals surface area contributed by atoms with Gasteiger partial charge in [0.2, 0.25) is 5.91 Å². The third-order valence-corrected chi connectivity index (χ3v) is 3.10. The second-order valence-corrected chi connectivity index (χ2v) is 4.74. The zero-order chi connectivity index (χ0) is 13.8. The van der Waals surface area contributed by atoms with Crippen molar-refractivity contribution in [2.45, 2.75) is 13.3 Å². The van der Waals surface area contributed by atoms with Gasteiger partial charge in [0.25, 0.3) is 0 Å². The first kappa shape index (κ1) is 13.4. The normalized spacial score (nSPS) is 10.2. The molecule has 2 aromatic rings. The van der Waals surface area contributed by atoms with Gasteiger partial charge in [-0.2, -0.15) is 0 Å². The Bertz CT molecular complexity index is 611. The molecule has 3 nitrogen and oxygen atoms in total. The van der Waals surface area contributed by atoms with Gasteiger partial charge in [0.05, 0.1) is 12.1 Å². The molecule has 2 N–H and O–H groups in total. The molecule has 0 bridgehead atoms. The van der Waals surface area contributed by atoms with Crippen LogP contribution in [0.1, 0.15) is 11.1 Å². The molecule has 1 amide bonds. The molecule has 0 heterocycles. The molecule has 2 aromatic carbocycles. The molecule has 0 fully saturated rings. The van der Waals surface area contributed by atoms with Gasteiger partial charge in [0.1, 0.15) is 5.75 Å². The summed E-state index contributed by atoms with van der Waals surface area (Å²) in [6, 6.07) is 12.3. The summed E-state index contributed by atoms with van der Waals surface area (Å²) in [5, 5.41) is 12.9. The minimum Gasteiger partial charge on any atom is -0.506 e. The number of aryl methyl sites for hydroxylation is 1. The van der Waals surface area contributed by atoms with Crippen molar-refractivity contribution in [3.63, 3.8) is 0 Å². The monoisotopic (exact) mass is 275 g/mol. The van der Waals surface area contributed by atoms with Gasteiger partial charge in [0.15, 0.2) is 0 Å². The van der Waals surface area contributed by atoms with E-state index in [0.29, 0.717) is 10.7 Å². The van der Waals surface area contributed by atoms with E-state index in [9.17, 15) is 9.90 Å². The van der Waals surface area contributed by atoms with Crippen LogP contribution in [0.4, 0.5) is 5.69 Å². The van der Waals surface area contributed by atoms with Crippen molar-refractivity contribution < 1.29 is 9.90 Å². The first-order valence-corrected chi connectivity index (χ1v) is 6.27. The van der Waals surface area contributed by atoms with Gasteiger partial charge in [-0.15, -0.1) is 0 Å². The SMILES string of the molecule is Cc1ccc(O)c(NC(=O)Cc2ccccc2Cl)c1. The van der Waals surface area contributed by atoms with Crippen LogP contribution < -0.4 is 5.32 Å². The summed E-state index contributed by atoms with van der Waals surface area (Å²) in [5.74, 6) is -0.160. The van der Waals surface area contributed by atoms with E-state index in [0.717, 1.165) is 11.1 Å². The van der Waals surface area contributed by atoms with E-state index in [1.807, 2.05) is 19.1 Å². The maximum absolute atomic E-state index is 11.9. The van der Waals surface area contributed by atoms with Crippen LogP contribution >= 0.6 is 11.6 Å². The Labute approximate surface area is 116 Å². The second-order valence-electron chi connectivity index (χ2n) is 4.34. The molecule has 0 aromatic heterocycles. The molecular weight excluding hydrogens is 262 g/mol. The van der Waals surface area contributed by atoms with E-state index in [2.05, 4.69) is 5.32 Å². The summed E-state index contributed by atoms with van der Waals surface area (Å²) in [7, 11) is 0. The van der Waals surface area contributed by atoms with Crippen molar-refractivity contribution in [2.75, 3.05) is 5.32 Å². The number of phenolic OH excluding ortho intramolecular Hbond substituents is 1. The van der Waals surface area contributed by atoms with Crippen LogP contribution in [0.5, 0.6) is 5.75 Å². The Kier molecular flexibility index (Phi) is 4.07. The topological polar surface area (TPSA) is 49.3 Å². The van der Waals surface area contributed by atoms with Crippen molar-refractivity contribution >= 4 is 23.2 Å². The molecule has 0 radical (unpaired) electrons. The fourth-order valence-electron chi connectivity index (χ4n) is 1.76. The molecule has 0 saturated heterocycles. The van der Waals surface area contributed by atoms with Gasteiger partial charge in [-0.3, -0.25) is 4.79 Å². The largest absolute Gasteiger partial charge is 0.506 e. The van der Waals surface area contributed by atoms with E-state index >= 15 is 0 Å². The van der Waals surface area contributed by atoms with Crippen LogP contribution in [0.3, 0.4) is 0 Å². The lowest BCUT2D eigenvalue weighted by Gasteiger charge is -2.09. The van der Waals surface area contributed by atoms with Gasteiger partial charge in [-0.1, -0.05) is 35.9 Å². The number of rotatable bonds is 3. The number of aromatic hydroxyl groups is 1. The highest BCUT2D eigenvalue weighted by Crippen LogP contribution is 2.24. The minimum absolute atomic E-state index is 0.0538. The summed E-state index contributed by atoms with van der Waals surface area (Å²) in [6.07, 6.45) is 0.174. The number of phenols is 1. The summed E-state index contributed by atoms with van der Waals surface area (Å²) in [6.45, 7) is 1.89. The lowest BCUT2D eigenvalue weighted by atomic mass is 10.1. The molecule has 0 aliphatic rings. The van der Waals surface area contributed by atoms with E-state index in [1.54, 1.807) is 30.3 Å². The predicted octanol–water partition coefficient (Wildman–Crippen LogP) is 3.54. The first-order chi connectivity index (χ1) is 9.06. The standard InChI is InChI=1S/C15H14ClNO2/c1-10-6-7-14(18)13(8-10)17-15(19)9-11-4-2-3-5-12(11)16/h2-8,18H,9H2,1H3,(H,17,19). The number of benzene rings is 2. The maximum atomic E-state index is 11.9. The molecule has 0 aliphatic heterocycles. The Morgan fingerprint density at radius 2 is 2.00 bits per heavy atom. The molecule has 2 rings (SSSR count). The zero-order valence-electron chi connectivity index (χ0n) is 10.5. The highest BCUT2D eigenvalue weighted by Gasteiger charge is 2.09. The molecule has 98 valence electrons. The van der Waals surface area contributed by atoms with E-state index < -0.39 is 0 Å². The van der Waals surface area contributed by atoms with Crippen LogP contribution in [0.15, 0.2) is 42.5 Å². The lowest BCUT2D eigenvalue weighted by molar-refractivity contribution is -0.115. The van der Waals surface area contributed by atoms with Crippen molar-refractivity contribution in [1.82, 2.24) is 0 Å². The third-order valence-electron chi connectivity index (χ3n) is 2.73. The molecule has 0 aliphatic carbocycles. The number of nitrogens with one attached hydrogen (secondary N) is 1. The summed E-state index contributed by atoms with van der Waals surface area (Å²) in [5.41, 5.74) is 2.14. The second kappa shape index (κ2) is 5.76. The lowest BCUT2D eigenvalue weighted by Crippen LogP contribution is -2.14. The third kappa shape index (κ3) is 3.48. The highest BCUT2D eigenvalue weighted by molar-refractivity contribution is 6.31. The van der Waals surface area contributed by atoms with Gasteiger partial charge in [-0.25, -0.2) is 0 Å². The van der Waals surface area contributed by atoms with E-state index in [1.165, 1.54) is 0 Å². The fourth-order valence-corrected chi connectivity index (χ4v) is 1.96. The Balaban J connectivity index is 2.10. The summed E-state index contributed by atoms with van der Waals surface area (Å²) >= 11 is 6.00. The van der Waals surface area contributed by atoms with Crippen molar-refractivity contribution in [3.8, 4) is 5.75 Å². The molecule has 4 heteroatoms. The number of carbonyl (C=O) groups is 1. The molecular formula is C15H14ClNO2. The van der Waals surface area contributed by atoms with Crippen LogP contribution in [0.2, 0.25) is 5.02 Å². The Hall–Kier alpha value is -2.00. The average molecular weight is 276 g/mol. The number of anilines is 1. The summed E-state index contributed by atoms with van der Waals surface area (Å²) in [4.78, 5) is 11.9. The molecule has 0 atom stereocenters. The Morgan fingerprint density at radius 1 is 1.26 bits per heavy atom. The number of hydrogen-bond donors (Lipinski definition) is 2. The molecule has 19 heavy (non-hydrogen) atoms. The van der Waals surface area contributed by atoms with Crippen molar-refractivity contribution in [1.29, 1.82) is 0 Å². The van der Waals surface area contributed by atoms with Crippen LogP contribution in [-0.2, 0) is 11.2 Å². The van der Waals surface area contributed by atoms with E-state index in [4.69, 9.17) is 11.6 Å². The molecule has 0 unspecified atom stereocenters. The minimum atomic E-state index is -0.214. The number of hydrogen-bond acceptors (Lipinski definition) is 2. The van der Waals surface area contributed by atoms with Crippen LogP contribution in [-0.4, -0.2) is 11.0 Å². The van der Waals surface area contributed by atoms with Gasteiger partial charge in [-0.05, 0) is 36.2 Å². The number of halogens is 1. The molecule has 0 saturated carbocycles. The van der Waals surface area contributed by atoms with Crippen molar-refractivity contribution in [3.05, 3.63) is 58.6 Å². The molecule has 0 spiro atoms. The van der Waals surface area contributed by atoms with Crippen LogP contribution in [0.25, 0.3) is 0 Å². The number of carbonyl (C=O) groups excluding carboxylic acids is 1. The smallest absolute Gasteiger partial charge is 0.228 e. The van der Waals surface area contributed by atoms with Gasteiger partial charge >= 0.3 is 0 Å². The van der Waals surface area contributed by atoms with E-state index in [-0.39, 0.29) is 18.1 Å². The quantitative estimate of drug-likeness (QED) is 0.842. The number of amides is 1. The average Bonchev–Trinajstić information content (AvgIpc) is 2.37.